The molecule has 0 unspecified atom stereocenters. The average Bonchev–Trinajstić information content (AvgIpc) is 2.16. The molecule has 0 amide bonds. The maximum absolute atomic E-state index is 5.27. The van der Waals surface area contributed by atoms with Gasteiger partial charge in [-0.3, -0.25) is 0 Å². The lowest BCUT2D eigenvalue weighted by molar-refractivity contribution is 0.331. The zero-order chi connectivity index (χ0) is 9.68. The van der Waals surface area contributed by atoms with Crippen molar-refractivity contribution in [1.29, 1.82) is 0 Å². The number of hydrogen-bond donors (Lipinski definition) is 0. The summed E-state index contributed by atoms with van der Waals surface area (Å²) >= 11 is 0. The molecule has 0 heterocycles. The molecule has 0 radical (unpaired) electrons. The maximum atomic E-state index is 5.27. The predicted octanol–water partition coefficient (Wildman–Crippen LogP) is 2.02. The van der Waals surface area contributed by atoms with Gasteiger partial charge in [0.25, 0.3) is 0 Å². The van der Waals surface area contributed by atoms with Crippen molar-refractivity contribution in [3.8, 4) is 23.8 Å². The molecule has 2 nitrogen and oxygen atoms in total. The number of hydrogen-bond acceptors (Lipinski definition) is 2. The first-order valence-corrected chi connectivity index (χ1v) is 3.99. The Morgan fingerprint density at radius 1 is 1.38 bits per heavy atom. The molecular weight excluding hydrogens is 164 g/mol. The molecule has 0 saturated carbocycles. The smallest absolute Gasteiger partial charge is 0.162 e. The van der Waals surface area contributed by atoms with Gasteiger partial charge in [-0.25, -0.2) is 0 Å². The fraction of sp³-hybridized carbons (Fsp3) is 0.273. The standard InChI is InChI=1S/C11H12O2/c1-4-7-13-10-6-5-9(2)8-11(10)12-3/h1,5-6,8H,7H2,2-3H3. The van der Waals surface area contributed by atoms with Gasteiger partial charge in [-0.1, -0.05) is 12.0 Å². The molecule has 0 aliphatic carbocycles. The van der Waals surface area contributed by atoms with Gasteiger partial charge in [0.05, 0.1) is 7.11 Å². The molecule has 0 aliphatic rings. The van der Waals surface area contributed by atoms with Gasteiger partial charge in [0.15, 0.2) is 11.5 Å². The van der Waals surface area contributed by atoms with Gasteiger partial charge in [-0.2, -0.15) is 0 Å². The highest BCUT2D eigenvalue weighted by Gasteiger charge is 2.02. The van der Waals surface area contributed by atoms with E-state index < -0.39 is 0 Å². The Bertz CT molecular complexity index is 323. The van der Waals surface area contributed by atoms with Crippen LogP contribution in [-0.2, 0) is 0 Å². The molecule has 0 atom stereocenters. The summed E-state index contributed by atoms with van der Waals surface area (Å²) < 4.78 is 10.4. The third kappa shape index (κ3) is 2.41. The molecule has 0 bridgehead atoms. The fourth-order valence-electron chi connectivity index (χ4n) is 1.01. The van der Waals surface area contributed by atoms with Crippen molar-refractivity contribution >= 4 is 0 Å². The van der Waals surface area contributed by atoms with Crippen molar-refractivity contribution in [2.45, 2.75) is 6.92 Å². The number of aryl methyl sites for hydroxylation is 1. The molecule has 0 spiro atoms. The highest BCUT2D eigenvalue weighted by Crippen LogP contribution is 2.27. The molecule has 1 rings (SSSR count). The largest absolute Gasteiger partial charge is 0.493 e. The van der Waals surface area contributed by atoms with E-state index in [1.807, 2.05) is 25.1 Å². The summed E-state index contributed by atoms with van der Waals surface area (Å²) in [4.78, 5) is 0. The Labute approximate surface area is 78.5 Å². The van der Waals surface area contributed by atoms with E-state index in [2.05, 4.69) is 5.92 Å². The van der Waals surface area contributed by atoms with Crippen LogP contribution >= 0.6 is 0 Å². The van der Waals surface area contributed by atoms with E-state index in [0.29, 0.717) is 5.75 Å². The van der Waals surface area contributed by atoms with Gasteiger partial charge in [0.2, 0.25) is 0 Å². The van der Waals surface area contributed by atoms with E-state index in [4.69, 9.17) is 15.9 Å². The highest BCUT2D eigenvalue weighted by atomic mass is 16.5. The van der Waals surface area contributed by atoms with Crippen molar-refractivity contribution < 1.29 is 9.47 Å². The van der Waals surface area contributed by atoms with Gasteiger partial charge < -0.3 is 9.47 Å². The van der Waals surface area contributed by atoms with Crippen molar-refractivity contribution in [3.63, 3.8) is 0 Å². The number of benzene rings is 1. The first-order chi connectivity index (χ1) is 6.27. The summed E-state index contributed by atoms with van der Waals surface area (Å²) in [5, 5.41) is 0. The third-order valence-corrected chi connectivity index (χ3v) is 1.63. The van der Waals surface area contributed by atoms with Gasteiger partial charge in [0, 0.05) is 0 Å². The SMILES string of the molecule is C#CCOc1ccc(C)cc1OC. The second-order valence-corrected chi connectivity index (χ2v) is 2.65. The second-order valence-electron chi connectivity index (χ2n) is 2.65. The van der Waals surface area contributed by atoms with E-state index in [0.717, 1.165) is 11.3 Å². The Morgan fingerprint density at radius 2 is 2.15 bits per heavy atom. The van der Waals surface area contributed by atoms with Gasteiger partial charge in [-0.05, 0) is 24.6 Å². The van der Waals surface area contributed by atoms with Gasteiger partial charge in [-0.15, -0.1) is 6.42 Å². The van der Waals surface area contributed by atoms with E-state index in [9.17, 15) is 0 Å². The lowest BCUT2D eigenvalue weighted by Gasteiger charge is -2.08. The molecule has 1 aromatic rings. The molecule has 13 heavy (non-hydrogen) atoms. The maximum Gasteiger partial charge on any atom is 0.162 e. The monoisotopic (exact) mass is 176 g/mol. The summed E-state index contributed by atoms with van der Waals surface area (Å²) in [6, 6.07) is 5.71. The molecule has 0 N–H and O–H groups in total. The lowest BCUT2D eigenvalue weighted by Crippen LogP contribution is -1.96. The zero-order valence-corrected chi connectivity index (χ0v) is 7.83. The number of ether oxygens (including phenoxy) is 2. The zero-order valence-electron chi connectivity index (χ0n) is 7.83. The summed E-state index contributed by atoms with van der Waals surface area (Å²) in [7, 11) is 1.61. The first-order valence-electron chi connectivity index (χ1n) is 3.99. The highest BCUT2D eigenvalue weighted by molar-refractivity contribution is 5.42. The summed E-state index contributed by atoms with van der Waals surface area (Å²) in [6.45, 7) is 2.26. The Hall–Kier alpha value is -1.62. The van der Waals surface area contributed by atoms with Crippen LogP contribution in [0.4, 0.5) is 0 Å². The minimum Gasteiger partial charge on any atom is -0.493 e. The fourth-order valence-corrected chi connectivity index (χ4v) is 1.01. The van der Waals surface area contributed by atoms with Crippen molar-refractivity contribution in [3.05, 3.63) is 23.8 Å². The molecule has 0 aromatic heterocycles. The molecule has 68 valence electrons. The quantitative estimate of drug-likeness (QED) is 0.656. The van der Waals surface area contributed by atoms with Crippen molar-refractivity contribution in [1.82, 2.24) is 0 Å². The topological polar surface area (TPSA) is 18.5 Å². The van der Waals surface area contributed by atoms with Crippen LogP contribution in [0.1, 0.15) is 5.56 Å². The molecule has 0 fully saturated rings. The predicted molar refractivity (Wildman–Crippen MR) is 52.1 cm³/mol. The molecule has 0 aliphatic heterocycles. The van der Waals surface area contributed by atoms with Crippen LogP contribution in [0.3, 0.4) is 0 Å². The normalized spacial score (nSPS) is 9.00. The number of terminal acetylenes is 1. The third-order valence-electron chi connectivity index (χ3n) is 1.63. The summed E-state index contributed by atoms with van der Waals surface area (Å²) in [5.41, 5.74) is 1.13. The second kappa shape index (κ2) is 4.42. The van der Waals surface area contributed by atoms with E-state index in [1.54, 1.807) is 7.11 Å². The van der Waals surface area contributed by atoms with Gasteiger partial charge >= 0.3 is 0 Å². The van der Waals surface area contributed by atoms with Gasteiger partial charge in [0.1, 0.15) is 6.61 Å². The summed E-state index contributed by atoms with van der Waals surface area (Å²) in [5.74, 6) is 3.81. The van der Waals surface area contributed by atoms with Crippen LogP contribution in [0.15, 0.2) is 18.2 Å². The van der Waals surface area contributed by atoms with Crippen LogP contribution in [-0.4, -0.2) is 13.7 Å². The van der Waals surface area contributed by atoms with E-state index in [1.165, 1.54) is 0 Å². The number of methoxy groups -OCH3 is 1. The van der Waals surface area contributed by atoms with Crippen LogP contribution in [0.2, 0.25) is 0 Å². The summed E-state index contributed by atoms with van der Waals surface area (Å²) in [6.07, 6.45) is 5.08. The molecule has 2 heteroatoms. The Morgan fingerprint density at radius 3 is 2.77 bits per heavy atom. The Kier molecular flexibility index (Phi) is 3.22. The molecular formula is C11H12O2. The van der Waals surface area contributed by atoms with E-state index >= 15 is 0 Å². The van der Waals surface area contributed by atoms with Crippen molar-refractivity contribution in [2.75, 3.05) is 13.7 Å². The van der Waals surface area contributed by atoms with Crippen LogP contribution in [0, 0.1) is 19.3 Å². The first kappa shape index (κ1) is 9.47. The van der Waals surface area contributed by atoms with Crippen molar-refractivity contribution in [2.24, 2.45) is 0 Å². The lowest BCUT2D eigenvalue weighted by atomic mass is 10.2. The van der Waals surface area contributed by atoms with Crippen LogP contribution in [0.5, 0.6) is 11.5 Å². The molecule has 1 aromatic carbocycles. The minimum absolute atomic E-state index is 0.263. The minimum atomic E-state index is 0.263. The average molecular weight is 176 g/mol. The Balaban J connectivity index is 2.87. The van der Waals surface area contributed by atoms with Crippen LogP contribution < -0.4 is 9.47 Å². The van der Waals surface area contributed by atoms with E-state index in [-0.39, 0.29) is 6.61 Å². The van der Waals surface area contributed by atoms with Crippen LogP contribution in [0.25, 0.3) is 0 Å². The number of rotatable bonds is 3. The molecule has 0 saturated heterocycles.